The van der Waals surface area contributed by atoms with Crippen LogP contribution in [0.4, 0.5) is 0 Å². The number of hydrogen-bond acceptors (Lipinski definition) is 6. The summed E-state index contributed by atoms with van der Waals surface area (Å²) >= 11 is 0. The maximum Gasteiger partial charge on any atom is 0.339 e. The molecule has 0 aliphatic heterocycles. The highest BCUT2D eigenvalue weighted by molar-refractivity contribution is 5.88. The van der Waals surface area contributed by atoms with Crippen molar-refractivity contribution in [3.63, 3.8) is 0 Å². The Morgan fingerprint density at radius 2 is 2.26 bits per heavy atom. The van der Waals surface area contributed by atoms with E-state index in [-0.39, 0.29) is 5.56 Å². The lowest BCUT2D eigenvalue weighted by Gasteiger charge is -2.07. The standard InChI is InChI=1S/C12H19N3O4/c1-18-5-6-19-4-2-3-13-8-11-10(12(16)17)7-14-9-15-11/h7,9,13H,2-6,8H2,1H3,(H,16,17). The molecule has 0 saturated carbocycles. The molecule has 0 radical (unpaired) electrons. The van der Waals surface area contributed by atoms with E-state index in [1.54, 1.807) is 7.11 Å². The molecule has 106 valence electrons. The number of carboxylic acids is 1. The summed E-state index contributed by atoms with van der Waals surface area (Å²) in [5.41, 5.74) is 0.620. The molecule has 7 heteroatoms. The molecule has 0 aliphatic carbocycles. The van der Waals surface area contributed by atoms with Gasteiger partial charge < -0.3 is 19.9 Å². The van der Waals surface area contributed by atoms with Crippen molar-refractivity contribution in [3.05, 3.63) is 23.8 Å². The van der Waals surface area contributed by atoms with Gasteiger partial charge in [0.1, 0.15) is 11.9 Å². The number of aromatic carboxylic acids is 1. The molecule has 0 atom stereocenters. The third-order valence-electron chi connectivity index (χ3n) is 2.39. The van der Waals surface area contributed by atoms with Gasteiger partial charge in [-0.05, 0) is 13.0 Å². The van der Waals surface area contributed by atoms with Crippen LogP contribution in [-0.4, -0.2) is 54.5 Å². The van der Waals surface area contributed by atoms with Gasteiger partial charge in [0.15, 0.2) is 0 Å². The van der Waals surface area contributed by atoms with Crippen LogP contribution in [0.25, 0.3) is 0 Å². The zero-order chi connectivity index (χ0) is 13.9. The Kier molecular flexibility index (Phi) is 7.64. The van der Waals surface area contributed by atoms with Crippen molar-refractivity contribution >= 4 is 5.97 Å². The van der Waals surface area contributed by atoms with E-state index < -0.39 is 5.97 Å². The molecular formula is C12H19N3O4. The predicted octanol–water partition coefficient (Wildman–Crippen LogP) is 0.318. The number of methoxy groups -OCH3 is 1. The van der Waals surface area contributed by atoms with Gasteiger partial charge in [0.2, 0.25) is 0 Å². The van der Waals surface area contributed by atoms with E-state index in [2.05, 4.69) is 15.3 Å². The van der Waals surface area contributed by atoms with Gasteiger partial charge in [0.05, 0.1) is 18.9 Å². The van der Waals surface area contributed by atoms with Crippen LogP contribution in [-0.2, 0) is 16.0 Å². The highest BCUT2D eigenvalue weighted by atomic mass is 16.5. The van der Waals surface area contributed by atoms with Crippen molar-refractivity contribution in [1.82, 2.24) is 15.3 Å². The zero-order valence-corrected chi connectivity index (χ0v) is 11.0. The molecule has 1 aromatic heterocycles. The summed E-state index contributed by atoms with van der Waals surface area (Å²) in [6.45, 7) is 2.96. The van der Waals surface area contributed by atoms with Crippen LogP contribution in [0.15, 0.2) is 12.5 Å². The normalized spacial score (nSPS) is 10.6. The molecule has 0 bridgehead atoms. The third kappa shape index (κ3) is 6.23. The van der Waals surface area contributed by atoms with E-state index in [1.165, 1.54) is 12.5 Å². The summed E-state index contributed by atoms with van der Waals surface area (Å²) in [7, 11) is 1.63. The molecule has 1 aromatic rings. The summed E-state index contributed by atoms with van der Waals surface area (Å²) in [6.07, 6.45) is 3.49. The van der Waals surface area contributed by atoms with Gasteiger partial charge in [-0.2, -0.15) is 0 Å². The third-order valence-corrected chi connectivity index (χ3v) is 2.39. The van der Waals surface area contributed by atoms with Crippen molar-refractivity contribution in [2.75, 3.05) is 33.5 Å². The first-order valence-corrected chi connectivity index (χ1v) is 6.05. The van der Waals surface area contributed by atoms with Crippen molar-refractivity contribution in [3.8, 4) is 0 Å². The molecule has 0 aromatic carbocycles. The Morgan fingerprint density at radius 1 is 1.42 bits per heavy atom. The minimum atomic E-state index is -1.01. The van der Waals surface area contributed by atoms with E-state index in [1.807, 2.05) is 0 Å². The number of nitrogens with one attached hydrogen (secondary N) is 1. The first-order chi connectivity index (χ1) is 9.25. The van der Waals surface area contributed by atoms with Gasteiger partial charge >= 0.3 is 5.97 Å². The van der Waals surface area contributed by atoms with Crippen LogP contribution < -0.4 is 5.32 Å². The van der Waals surface area contributed by atoms with Crippen LogP contribution in [0, 0.1) is 0 Å². The van der Waals surface area contributed by atoms with Crippen molar-refractivity contribution < 1.29 is 19.4 Å². The lowest BCUT2D eigenvalue weighted by Crippen LogP contribution is -2.19. The molecule has 1 rings (SSSR count). The summed E-state index contributed by atoms with van der Waals surface area (Å²) in [4.78, 5) is 18.6. The summed E-state index contributed by atoms with van der Waals surface area (Å²) in [5.74, 6) is -1.01. The fraction of sp³-hybridized carbons (Fsp3) is 0.583. The Balaban J connectivity index is 2.17. The molecular weight excluding hydrogens is 250 g/mol. The van der Waals surface area contributed by atoms with E-state index in [0.717, 1.165) is 13.0 Å². The second-order valence-electron chi connectivity index (χ2n) is 3.82. The molecule has 0 saturated heterocycles. The number of nitrogens with zero attached hydrogens (tertiary/aromatic N) is 2. The molecule has 0 aliphatic rings. The second-order valence-corrected chi connectivity index (χ2v) is 3.82. The number of carbonyl (C=O) groups is 1. The van der Waals surface area contributed by atoms with Gasteiger partial charge in [-0.25, -0.2) is 14.8 Å². The Morgan fingerprint density at radius 3 is 3.00 bits per heavy atom. The van der Waals surface area contributed by atoms with Crippen molar-refractivity contribution in [2.45, 2.75) is 13.0 Å². The Labute approximate surface area is 112 Å². The van der Waals surface area contributed by atoms with Crippen molar-refractivity contribution in [2.24, 2.45) is 0 Å². The quantitative estimate of drug-likeness (QED) is 0.591. The van der Waals surface area contributed by atoms with Crippen LogP contribution in [0.3, 0.4) is 0 Å². The maximum absolute atomic E-state index is 10.9. The molecule has 1 heterocycles. The molecule has 0 unspecified atom stereocenters. The lowest BCUT2D eigenvalue weighted by molar-refractivity contribution is 0.0689. The first-order valence-electron chi connectivity index (χ1n) is 6.05. The molecule has 0 spiro atoms. The maximum atomic E-state index is 10.9. The smallest absolute Gasteiger partial charge is 0.339 e. The number of rotatable bonds is 10. The van der Waals surface area contributed by atoms with Gasteiger partial charge in [-0.1, -0.05) is 0 Å². The fourth-order valence-corrected chi connectivity index (χ4v) is 1.42. The monoisotopic (exact) mass is 269 g/mol. The molecule has 0 fully saturated rings. The zero-order valence-electron chi connectivity index (χ0n) is 11.0. The predicted molar refractivity (Wildman–Crippen MR) is 68.0 cm³/mol. The summed E-state index contributed by atoms with van der Waals surface area (Å²) in [6, 6.07) is 0. The Hall–Kier alpha value is -1.57. The number of ether oxygens (including phenoxy) is 2. The SMILES string of the molecule is COCCOCCCNCc1ncncc1C(=O)O. The van der Waals surface area contributed by atoms with Gasteiger partial charge in [0.25, 0.3) is 0 Å². The van der Waals surface area contributed by atoms with Crippen LogP contribution in [0.1, 0.15) is 22.5 Å². The lowest BCUT2D eigenvalue weighted by atomic mass is 10.2. The number of aromatic nitrogens is 2. The van der Waals surface area contributed by atoms with E-state index in [4.69, 9.17) is 14.6 Å². The van der Waals surface area contributed by atoms with Crippen LogP contribution in [0.5, 0.6) is 0 Å². The molecule has 7 nitrogen and oxygen atoms in total. The average molecular weight is 269 g/mol. The summed E-state index contributed by atoms with van der Waals surface area (Å²) in [5, 5.41) is 12.1. The molecule has 2 N–H and O–H groups in total. The van der Waals surface area contributed by atoms with Gasteiger partial charge in [-0.3, -0.25) is 0 Å². The summed E-state index contributed by atoms with van der Waals surface area (Å²) < 4.78 is 10.2. The average Bonchev–Trinajstić information content (AvgIpc) is 2.42. The van der Waals surface area contributed by atoms with Crippen molar-refractivity contribution in [1.29, 1.82) is 0 Å². The van der Waals surface area contributed by atoms with E-state index in [9.17, 15) is 4.79 Å². The minimum absolute atomic E-state index is 0.131. The first kappa shape index (κ1) is 15.5. The highest BCUT2D eigenvalue weighted by Gasteiger charge is 2.10. The number of hydrogen-bond donors (Lipinski definition) is 2. The largest absolute Gasteiger partial charge is 0.478 e. The van der Waals surface area contributed by atoms with Crippen LogP contribution >= 0.6 is 0 Å². The van der Waals surface area contributed by atoms with Gasteiger partial charge in [-0.15, -0.1) is 0 Å². The van der Waals surface area contributed by atoms with E-state index in [0.29, 0.717) is 32.1 Å². The van der Waals surface area contributed by atoms with Gasteiger partial charge in [0, 0.05) is 26.5 Å². The molecule has 19 heavy (non-hydrogen) atoms. The van der Waals surface area contributed by atoms with Crippen LogP contribution in [0.2, 0.25) is 0 Å². The second kappa shape index (κ2) is 9.37. The minimum Gasteiger partial charge on any atom is -0.478 e. The van der Waals surface area contributed by atoms with E-state index >= 15 is 0 Å². The highest BCUT2D eigenvalue weighted by Crippen LogP contribution is 2.02. The topological polar surface area (TPSA) is 93.6 Å². The fourth-order valence-electron chi connectivity index (χ4n) is 1.42. The Bertz CT molecular complexity index is 387. The molecule has 0 amide bonds. The number of carboxylic acid groups (broad SMARTS) is 1.